The third-order valence-electron chi connectivity index (χ3n) is 2.08. The van der Waals surface area contributed by atoms with Gasteiger partial charge in [-0.1, -0.05) is 18.5 Å². The highest BCUT2D eigenvalue weighted by Gasteiger charge is 2.15. The van der Waals surface area contributed by atoms with Crippen LogP contribution in [0.25, 0.3) is 0 Å². The minimum absolute atomic E-state index is 0.00356. The fourth-order valence-corrected chi connectivity index (χ4v) is 1.16. The average Bonchev–Trinajstić information content (AvgIpc) is 2.21. The first kappa shape index (κ1) is 11.9. The molecule has 15 heavy (non-hydrogen) atoms. The molecule has 5 heteroatoms. The predicted octanol–water partition coefficient (Wildman–Crippen LogP) is 2.40. The summed E-state index contributed by atoms with van der Waals surface area (Å²) in [6, 6.07) is 1.31. The lowest BCUT2D eigenvalue weighted by atomic mass is 10.2. The highest BCUT2D eigenvalue weighted by atomic mass is 35.5. The van der Waals surface area contributed by atoms with Crippen LogP contribution < -0.4 is 5.32 Å². The molecular formula is C10H12ClFN2O. The van der Waals surface area contributed by atoms with Crippen molar-refractivity contribution in [3.63, 3.8) is 0 Å². The summed E-state index contributed by atoms with van der Waals surface area (Å²) < 4.78 is 13.4. The fourth-order valence-electron chi connectivity index (χ4n) is 0.997. The quantitative estimate of drug-likeness (QED) is 0.811. The van der Waals surface area contributed by atoms with Crippen LogP contribution in [0.3, 0.4) is 0 Å². The molecule has 1 aromatic heterocycles. The second-order valence-corrected chi connectivity index (χ2v) is 3.60. The Morgan fingerprint density at radius 3 is 3.00 bits per heavy atom. The SMILES string of the molecule is CCC(C)NC(=O)c1ccnc(Cl)c1F. The Kier molecular flexibility index (Phi) is 4.03. The molecule has 0 radical (unpaired) electrons. The van der Waals surface area contributed by atoms with E-state index in [1.165, 1.54) is 12.3 Å². The molecule has 0 fully saturated rings. The van der Waals surface area contributed by atoms with Crippen molar-refractivity contribution in [2.45, 2.75) is 26.3 Å². The predicted molar refractivity (Wildman–Crippen MR) is 56.4 cm³/mol. The molecule has 0 saturated carbocycles. The van der Waals surface area contributed by atoms with Gasteiger partial charge in [-0.15, -0.1) is 0 Å². The number of pyridine rings is 1. The van der Waals surface area contributed by atoms with Crippen molar-refractivity contribution in [1.29, 1.82) is 0 Å². The second-order valence-electron chi connectivity index (χ2n) is 3.25. The van der Waals surface area contributed by atoms with Gasteiger partial charge < -0.3 is 5.32 Å². The minimum atomic E-state index is -0.778. The van der Waals surface area contributed by atoms with Crippen molar-refractivity contribution in [2.24, 2.45) is 0 Å². The number of carbonyl (C=O) groups excluding carboxylic acids is 1. The Labute approximate surface area is 92.7 Å². The number of halogens is 2. The van der Waals surface area contributed by atoms with Gasteiger partial charge in [0.25, 0.3) is 5.91 Å². The zero-order valence-corrected chi connectivity index (χ0v) is 9.31. The summed E-state index contributed by atoms with van der Waals surface area (Å²) in [6.07, 6.45) is 2.09. The lowest BCUT2D eigenvalue weighted by Gasteiger charge is -2.11. The van der Waals surface area contributed by atoms with Crippen molar-refractivity contribution < 1.29 is 9.18 Å². The van der Waals surface area contributed by atoms with Crippen molar-refractivity contribution in [3.05, 3.63) is 28.8 Å². The van der Waals surface area contributed by atoms with E-state index in [9.17, 15) is 9.18 Å². The lowest BCUT2D eigenvalue weighted by molar-refractivity contribution is 0.0935. The molecule has 1 atom stereocenters. The third-order valence-corrected chi connectivity index (χ3v) is 2.34. The molecule has 0 aliphatic rings. The number of carbonyl (C=O) groups is 1. The van der Waals surface area contributed by atoms with Crippen molar-refractivity contribution in [2.75, 3.05) is 0 Å². The number of rotatable bonds is 3. The number of nitrogens with one attached hydrogen (secondary N) is 1. The Bertz CT molecular complexity index is 370. The van der Waals surface area contributed by atoms with Gasteiger partial charge in [-0.25, -0.2) is 9.37 Å². The number of nitrogens with zero attached hydrogens (tertiary/aromatic N) is 1. The van der Waals surface area contributed by atoms with E-state index in [1.54, 1.807) is 0 Å². The molecule has 0 aliphatic carbocycles. The van der Waals surface area contributed by atoms with Gasteiger partial charge in [0.2, 0.25) is 0 Å². The molecule has 0 spiro atoms. The van der Waals surface area contributed by atoms with Crippen LogP contribution in [0.4, 0.5) is 4.39 Å². The van der Waals surface area contributed by atoms with Crippen LogP contribution in [0.5, 0.6) is 0 Å². The van der Waals surface area contributed by atoms with E-state index in [2.05, 4.69) is 10.3 Å². The molecule has 1 N–H and O–H groups in total. The van der Waals surface area contributed by atoms with Gasteiger partial charge in [0.1, 0.15) is 0 Å². The second kappa shape index (κ2) is 5.07. The maximum atomic E-state index is 13.4. The van der Waals surface area contributed by atoms with Gasteiger partial charge in [0.15, 0.2) is 11.0 Å². The average molecular weight is 231 g/mol. The first-order valence-electron chi connectivity index (χ1n) is 4.67. The van der Waals surface area contributed by atoms with Crippen LogP contribution in [0, 0.1) is 5.82 Å². The first-order chi connectivity index (χ1) is 7.06. The molecule has 3 nitrogen and oxygen atoms in total. The fraction of sp³-hybridized carbons (Fsp3) is 0.400. The molecular weight excluding hydrogens is 219 g/mol. The van der Waals surface area contributed by atoms with Gasteiger partial charge >= 0.3 is 0 Å². The van der Waals surface area contributed by atoms with Crippen LogP contribution in [-0.2, 0) is 0 Å². The first-order valence-corrected chi connectivity index (χ1v) is 5.05. The Morgan fingerprint density at radius 2 is 2.40 bits per heavy atom. The standard InChI is InChI=1S/C10H12ClFN2O/c1-3-6(2)14-10(15)7-4-5-13-9(11)8(7)12/h4-6H,3H2,1-2H3,(H,14,15). The summed E-state index contributed by atoms with van der Waals surface area (Å²) in [6.45, 7) is 3.78. The van der Waals surface area contributed by atoms with Crippen molar-refractivity contribution >= 4 is 17.5 Å². The molecule has 1 unspecified atom stereocenters. The highest BCUT2D eigenvalue weighted by molar-refractivity contribution is 6.29. The monoisotopic (exact) mass is 230 g/mol. The van der Waals surface area contributed by atoms with Gasteiger partial charge in [0.05, 0.1) is 5.56 Å². The molecule has 0 aliphatic heterocycles. The Morgan fingerprint density at radius 1 is 1.73 bits per heavy atom. The molecule has 0 saturated heterocycles. The molecule has 1 heterocycles. The Balaban J connectivity index is 2.87. The molecule has 1 aromatic rings. The molecule has 0 bridgehead atoms. The van der Waals surface area contributed by atoms with E-state index >= 15 is 0 Å². The van der Waals surface area contributed by atoms with E-state index < -0.39 is 11.7 Å². The largest absolute Gasteiger partial charge is 0.350 e. The highest BCUT2D eigenvalue weighted by Crippen LogP contribution is 2.14. The Hall–Kier alpha value is -1.16. The van der Waals surface area contributed by atoms with Gasteiger partial charge in [0, 0.05) is 12.2 Å². The van der Waals surface area contributed by atoms with Crippen LogP contribution in [0.1, 0.15) is 30.6 Å². The zero-order valence-electron chi connectivity index (χ0n) is 8.55. The van der Waals surface area contributed by atoms with Crippen molar-refractivity contribution in [1.82, 2.24) is 10.3 Å². The lowest BCUT2D eigenvalue weighted by Crippen LogP contribution is -2.32. The van der Waals surface area contributed by atoms with Gasteiger partial charge in [-0.2, -0.15) is 0 Å². The van der Waals surface area contributed by atoms with Crippen LogP contribution in [-0.4, -0.2) is 16.9 Å². The van der Waals surface area contributed by atoms with Crippen molar-refractivity contribution in [3.8, 4) is 0 Å². The maximum absolute atomic E-state index is 13.4. The smallest absolute Gasteiger partial charge is 0.254 e. The normalized spacial score (nSPS) is 12.3. The third kappa shape index (κ3) is 2.89. The molecule has 1 amide bonds. The van der Waals surface area contributed by atoms with E-state index in [1.807, 2.05) is 13.8 Å². The number of amides is 1. The topological polar surface area (TPSA) is 42.0 Å². The number of aromatic nitrogens is 1. The number of hydrogen-bond donors (Lipinski definition) is 1. The summed E-state index contributed by atoms with van der Waals surface area (Å²) >= 11 is 5.46. The van der Waals surface area contributed by atoms with E-state index in [4.69, 9.17) is 11.6 Å². The van der Waals surface area contributed by atoms with Crippen LogP contribution in [0.15, 0.2) is 12.3 Å². The van der Waals surface area contributed by atoms with E-state index in [0.717, 1.165) is 6.42 Å². The summed E-state index contributed by atoms with van der Waals surface area (Å²) in [5.41, 5.74) is -0.0738. The molecule has 1 rings (SSSR count). The van der Waals surface area contributed by atoms with E-state index in [-0.39, 0.29) is 16.8 Å². The van der Waals surface area contributed by atoms with Crippen LogP contribution in [0.2, 0.25) is 5.15 Å². The van der Waals surface area contributed by atoms with Gasteiger partial charge in [-0.05, 0) is 19.4 Å². The van der Waals surface area contributed by atoms with Crippen LogP contribution >= 0.6 is 11.6 Å². The van der Waals surface area contributed by atoms with E-state index in [0.29, 0.717) is 0 Å². The molecule has 0 aromatic carbocycles. The summed E-state index contributed by atoms with van der Waals surface area (Å²) in [5, 5.41) is 2.36. The molecule has 82 valence electrons. The maximum Gasteiger partial charge on any atom is 0.254 e. The summed E-state index contributed by atoms with van der Waals surface area (Å²) in [4.78, 5) is 15.1. The number of hydrogen-bond acceptors (Lipinski definition) is 2. The minimum Gasteiger partial charge on any atom is -0.350 e. The summed E-state index contributed by atoms with van der Waals surface area (Å²) in [5.74, 6) is -1.24. The van der Waals surface area contributed by atoms with Gasteiger partial charge in [-0.3, -0.25) is 4.79 Å². The zero-order chi connectivity index (χ0) is 11.4. The summed E-state index contributed by atoms with van der Waals surface area (Å²) in [7, 11) is 0.